The van der Waals surface area contributed by atoms with Crippen LogP contribution in [0.1, 0.15) is 37.8 Å². The maximum atomic E-state index is 13.0. The van der Waals surface area contributed by atoms with Gasteiger partial charge < -0.3 is 4.57 Å². The van der Waals surface area contributed by atoms with Crippen LogP contribution in [0.5, 0.6) is 0 Å². The third-order valence-corrected chi connectivity index (χ3v) is 9.11. The normalized spacial score (nSPS) is 16.7. The summed E-state index contributed by atoms with van der Waals surface area (Å²) >= 11 is 1.54. The molecule has 1 saturated heterocycles. The molecule has 0 unspecified atom stereocenters. The molecule has 32 heavy (non-hydrogen) atoms. The van der Waals surface area contributed by atoms with Crippen LogP contribution in [0.15, 0.2) is 52.4 Å². The summed E-state index contributed by atoms with van der Waals surface area (Å²) in [6.45, 7) is 7.54. The van der Waals surface area contributed by atoms with Crippen LogP contribution >= 0.6 is 11.3 Å². The number of thiazole rings is 1. The third-order valence-electron chi connectivity index (χ3n) is 6.15. The summed E-state index contributed by atoms with van der Waals surface area (Å²) in [6, 6.07) is 13.1. The maximum Gasteiger partial charge on any atom is 0.251 e. The first-order valence-electron chi connectivity index (χ1n) is 11.1. The predicted molar refractivity (Wildman–Crippen MR) is 128 cm³/mol. The molecule has 170 valence electrons. The van der Waals surface area contributed by atoms with Gasteiger partial charge in [-0.3, -0.25) is 4.79 Å². The molecule has 1 amide bonds. The molecule has 3 aromatic rings. The summed E-state index contributed by atoms with van der Waals surface area (Å²) in [5, 5.41) is 0. The van der Waals surface area contributed by atoms with Gasteiger partial charge in [-0.1, -0.05) is 48.1 Å². The number of carbonyl (C=O) groups excluding carboxylic acids is 1. The van der Waals surface area contributed by atoms with Crippen molar-refractivity contribution in [3.05, 3.63) is 58.4 Å². The minimum atomic E-state index is -3.53. The number of carbonyl (C=O) groups is 1. The van der Waals surface area contributed by atoms with Crippen molar-refractivity contribution in [2.75, 3.05) is 13.1 Å². The Hall–Kier alpha value is -2.29. The lowest BCUT2D eigenvalue weighted by molar-refractivity contribution is -0.122. The van der Waals surface area contributed by atoms with Crippen molar-refractivity contribution in [2.45, 2.75) is 51.5 Å². The summed E-state index contributed by atoms with van der Waals surface area (Å²) in [4.78, 5) is 18.5. The zero-order chi connectivity index (χ0) is 22.9. The van der Waals surface area contributed by atoms with Crippen LogP contribution in [0, 0.1) is 12.8 Å². The quantitative estimate of drug-likeness (QED) is 0.562. The molecule has 0 spiro atoms. The second-order valence-corrected chi connectivity index (χ2v) is 11.1. The van der Waals surface area contributed by atoms with Gasteiger partial charge in [0.1, 0.15) is 0 Å². The van der Waals surface area contributed by atoms with E-state index in [1.165, 1.54) is 9.87 Å². The van der Waals surface area contributed by atoms with E-state index in [2.05, 4.69) is 35.5 Å². The van der Waals surface area contributed by atoms with E-state index < -0.39 is 10.0 Å². The largest absolute Gasteiger partial charge is 0.316 e. The minimum absolute atomic E-state index is 0.149. The molecule has 6 nitrogen and oxygen atoms in total. The Morgan fingerprint density at radius 2 is 1.78 bits per heavy atom. The van der Waals surface area contributed by atoms with E-state index in [1.54, 1.807) is 35.6 Å². The highest BCUT2D eigenvalue weighted by molar-refractivity contribution is 7.89. The Labute approximate surface area is 193 Å². The Balaban J connectivity index is 1.53. The summed E-state index contributed by atoms with van der Waals surface area (Å²) < 4.78 is 30.6. The lowest BCUT2D eigenvalue weighted by atomic mass is 9.98. The van der Waals surface area contributed by atoms with Gasteiger partial charge in [-0.25, -0.2) is 8.42 Å². The van der Waals surface area contributed by atoms with Crippen molar-refractivity contribution in [1.29, 1.82) is 0 Å². The van der Waals surface area contributed by atoms with Crippen molar-refractivity contribution in [3.63, 3.8) is 0 Å². The molecule has 1 aliphatic rings. The van der Waals surface area contributed by atoms with Crippen LogP contribution in [-0.2, 0) is 27.8 Å². The first-order valence-corrected chi connectivity index (χ1v) is 13.4. The Kier molecular flexibility index (Phi) is 6.65. The second kappa shape index (κ2) is 9.29. The molecule has 2 heterocycles. The van der Waals surface area contributed by atoms with Gasteiger partial charge in [-0.15, -0.1) is 0 Å². The minimum Gasteiger partial charge on any atom is -0.316 e. The molecule has 0 radical (unpaired) electrons. The van der Waals surface area contributed by atoms with Gasteiger partial charge in [0.15, 0.2) is 4.80 Å². The molecular weight excluding hydrogens is 442 g/mol. The number of piperidine rings is 1. The lowest BCUT2D eigenvalue weighted by Crippen LogP contribution is -2.40. The molecule has 0 atom stereocenters. The molecule has 1 aliphatic heterocycles. The van der Waals surface area contributed by atoms with E-state index in [0.29, 0.717) is 30.8 Å². The van der Waals surface area contributed by atoms with Crippen molar-refractivity contribution >= 4 is 37.5 Å². The Bertz CT molecular complexity index is 1300. The van der Waals surface area contributed by atoms with Crippen LogP contribution < -0.4 is 4.80 Å². The van der Waals surface area contributed by atoms with Gasteiger partial charge >= 0.3 is 0 Å². The number of fused-ring (bicyclic) bond motifs is 1. The number of rotatable bonds is 5. The number of aryl methyl sites for hydroxylation is 3. The zero-order valence-electron chi connectivity index (χ0n) is 18.7. The Morgan fingerprint density at radius 3 is 2.41 bits per heavy atom. The summed E-state index contributed by atoms with van der Waals surface area (Å²) in [7, 11) is -3.53. The Morgan fingerprint density at radius 1 is 1.09 bits per heavy atom. The van der Waals surface area contributed by atoms with E-state index in [-0.39, 0.29) is 11.8 Å². The number of hydrogen-bond donors (Lipinski definition) is 0. The van der Waals surface area contributed by atoms with Crippen LogP contribution in [0.2, 0.25) is 0 Å². The highest BCUT2D eigenvalue weighted by Gasteiger charge is 2.32. The van der Waals surface area contributed by atoms with Crippen molar-refractivity contribution in [2.24, 2.45) is 10.9 Å². The van der Waals surface area contributed by atoms with Crippen LogP contribution in [0.25, 0.3) is 10.2 Å². The van der Waals surface area contributed by atoms with Gasteiger partial charge in [-0.05, 0) is 56.9 Å². The first kappa shape index (κ1) is 22.9. The fourth-order valence-corrected chi connectivity index (χ4v) is 6.87. The standard InChI is InChI=1S/C24H29N3O3S2/c1-4-18-7-6-8-21-22(18)27(5-2)24(31-21)25-23(28)19-13-15-26(16-14-19)32(29,30)20-11-9-17(3)10-12-20/h6-12,19H,4-5,13-16H2,1-3H3. The van der Waals surface area contributed by atoms with E-state index in [0.717, 1.165) is 33.5 Å². The molecule has 0 N–H and O–H groups in total. The van der Waals surface area contributed by atoms with Gasteiger partial charge in [0, 0.05) is 25.6 Å². The number of benzene rings is 2. The number of aromatic nitrogens is 1. The van der Waals surface area contributed by atoms with E-state index in [9.17, 15) is 13.2 Å². The summed E-state index contributed by atoms with van der Waals surface area (Å²) in [5.41, 5.74) is 3.43. The summed E-state index contributed by atoms with van der Waals surface area (Å²) in [5.74, 6) is -0.398. The predicted octanol–water partition coefficient (Wildman–Crippen LogP) is 4.12. The SMILES string of the molecule is CCc1cccc2sc(=NC(=O)C3CCN(S(=O)(=O)c4ccc(C)cc4)CC3)n(CC)c12. The summed E-state index contributed by atoms with van der Waals surface area (Å²) in [6.07, 6.45) is 1.91. The van der Waals surface area contributed by atoms with Crippen LogP contribution in [0.4, 0.5) is 0 Å². The number of amides is 1. The number of sulfonamides is 1. The highest BCUT2D eigenvalue weighted by atomic mass is 32.2. The van der Waals surface area contributed by atoms with Crippen molar-refractivity contribution in [3.8, 4) is 0 Å². The van der Waals surface area contributed by atoms with Gasteiger partial charge in [0.25, 0.3) is 5.91 Å². The molecule has 2 aromatic carbocycles. The molecule has 1 fully saturated rings. The fraction of sp³-hybridized carbons (Fsp3) is 0.417. The topological polar surface area (TPSA) is 71.7 Å². The molecule has 0 saturated carbocycles. The lowest BCUT2D eigenvalue weighted by Gasteiger charge is -2.29. The molecule has 8 heteroatoms. The highest BCUT2D eigenvalue weighted by Crippen LogP contribution is 2.26. The first-order chi connectivity index (χ1) is 15.3. The third kappa shape index (κ3) is 4.31. The number of para-hydroxylation sites is 1. The molecule has 4 rings (SSSR count). The molecule has 0 bridgehead atoms. The van der Waals surface area contributed by atoms with Crippen LogP contribution in [0.3, 0.4) is 0 Å². The van der Waals surface area contributed by atoms with Gasteiger partial charge in [0.05, 0.1) is 15.1 Å². The zero-order valence-corrected chi connectivity index (χ0v) is 20.4. The van der Waals surface area contributed by atoms with Crippen LogP contribution in [-0.4, -0.2) is 36.3 Å². The van der Waals surface area contributed by atoms with Gasteiger partial charge in [-0.2, -0.15) is 9.30 Å². The average molecular weight is 472 g/mol. The molecule has 1 aromatic heterocycles. The van der Waals surface area contributed by atoms with Crippen molar-refractivity contribution < 1.29 is 13.2 Å². The fourth-order valence-electron chi connectivity index (χ4n) is 4.26. The molecule has 0 aliphatic carbocycles. The monoisotopic (exact) mass is 471 g/mol. The smallest absolute Gasteiger partial charge is 0.251 e. The number of hydrogen-bond acceptors (Lipinski definition) is 4. The average Bonchev–Trinajstić information content (AvgIpc) is 3.16. The number of nitrogens with zero attached hydrogens (tertiary/aromatic N) is 3. The van der Waals surface area contributed by atoms with E-state index in [4.69, 9.17) is 0 Å². The maximum absolute atomic E-state index is 13.0. The second-order valence-electron chi connectivity index (χ2n) is 8.19. The van der Waals surface area contributed by atoms with E-state index in [1.807, 2.05) is 13.0 Å². The van der Waals surface area contributed by atoms with Gasteiger partial charge in [0.2, 0.25) is 10.0 Å². The molecular formula is C24H29N3O3S2. The van der Waals surface area contributed by atoms with Crippen molar-refractivity contribution in [1.82, 2.24) is 8.87 Å². The van der Waals surface area contributed by atoms with E-state index >= 15 is 0 Å².